The van der Waals surface area contributed by atoms with E-state index in [4.69, 9.17) is 5.41 Å². The molecule has 1 N–H and O–H groups in total. The molecule has 0 aromatic heterocycles. The van der Waals surface area contributed by atoms with E-state index in [1.165, 1.54) is 25.7 Å². The lowest BCUT2D eigenvalue weighted by molar-refractivity contribution is 0.343. The summed E-state index contributed by atoms with van der Waals surface area (Å²) in [5.41, 5.74) is 0. The fourth-order valence-electron chi connectivity index (χ4n) is 2.25. The van der Waals surface area contributed by atoms with Gasteiger partial charge >= 0.3 is 0 Å². The molecule has 0 aromatic carbocycles. The summed E-state index contributed by atoms with van der Waals surface area (Å²) in [7, 11) is 0. The first kappa shape index (κ1) is 10.6. The van der Waals surface area contributed by atoms with Crippen molar-refractivity contribution in [2.75, 3.05) is 6.54 Å². The van der Waals surface area contributed by atoms with Crippen LogP contribution in [0.4, 0.5) is 0 Å². The molecule has 0 aliphatic heterocycles. The fourth-order valence-corrected chi connectivity index (χ4v) is 2.25. The minimum atomic E-state index is 0.484. The molecular weight excluding hydrogens is 160 g/mol. The minimum absolute atomic E-state index is 0.484. The Hall–Kier alpha value is -0.530. The molecule has 2 heteroatoms. The highest BCUT2D eigenvalue weighted by molar-refractivity contribution is 5.82. The van der Waals surface area contributed by atoms with Crippen LogP contribution in [0.15, 0.2) is 0 Å². The van der Waals surface area contributed by atoms with Crippen molar-refractivity contribution in [3.63, 3.8) is 0 Å². The lowest BCUT2D eigenvalue weighted by Crippen LogP contribution is -2.39. The maximum Gasteiger partial charge on any atom is 0.0991 e. The van der Waals surface area contributed by atoms with E-state index in [2.05, 4.69) is 25.7 Å². The quantitative estimate of drug-likeness (QED) is 0.527. The molecule has 1 aliphatic rings. The molecule has 0 spiro atoms. The normalized spacial score (nSPS) is 18.2. The van der Waals surface area contributed by atoms with E-state index >= 15 is 0 Å². The second kappa shape index (κ2) is 4.64. The molecular formula is C11H22N2. The maximum atomic E-state index is 8.10. The summed E-state index contributed by atoms with van der Waals surface area (Å²) in [4.78, 5) is 2.22. The first-order valence-corrected chi connectivity index (χ1v) is 5.52. The molecule has 0 atom stereocenters. The van der Waals surface area contributed by atoms with Crippen molar-refractivity contribution in [2.45, 2.75) is 52.5 Å². The van der Waals surface area contributed by atoms with Gasteiger partial charge in [0.15, 0.2) is 0 Å². The van der Waals surface area contributed by atoms with Gasteiger partial charge in [0.1, 0.15) is 0 Å². The van der Waals surface area contributed by atoms with Gasteiger partial charge in [0.25, 0.3) is 0 Å². The van der Waals surface area contributed by atoms with Crippen LogP contribution in [0.25, 0.3) is 0 Å². The summed E-state index contributed by atoms with van der Waals surface area (Å²) in [5, 5.41) is 8.10. The third-order valence-electron chi connectivity index (χ3n) is 3.02. The minimum Gasteiger partial charge on any atom is -0.358 e. The van der Waals surface area contributed by atoms with Gasteiger partial charge in [-0.05, 0) is 33.6 Å². The molecule has 0 heterocycles. The van der Waals surface area contributed by atoms with Crippen molar-refractivity contribution in [2.24, 2.45) is 5.92 Å². The molecule has 0 unspecified atom stereocenters. The number of nitrogens with one attached hydrogen (secondary N) is 1. The molecule has 0 radical (unpaired) electrons. The van der Waals surface area contributed by atoms with Crippen molar-refractivity contribution in [1.29, 1.82) is 5.41 Å². The van der Waals surface area contributed by atoms with Crippen molar-refractivity contribution in [3.05, 3.63) is 0 Å². The number of nitrogens with zero attached hydrogens (tertiary/aromatic N) is 1. The number of rotatable bonds is 3. The molecule has 0 aromatic rings. The number of hydrogen-bond donors (Lipinski definition) is 1. The van der Waals surface area contributed by atoms with E-state index in [0.29, 0.717) is 12.0 Å². The molecule has 0 saturated heterocycles. The van der Waals surface area contributed by atoms with Gasteiger partial charge in [-0.25, -0.2) is 0 Å². The Morgan fingerprint density at radius 3 is 2.31 bits per heavy atom. The Bertz CT molecular complexity index is 169. The molecule has 13 heavy (non-hydrogen) atoms. The van der Waals surface area contributed by atoms with E-state index < -0.39 is 0 Å². The number of hydrogen-bond acceptors (Lipinski definition) is 1. The second-order valence-electron chi connectivity index (χ2n) is 4.25. The standard InChI is InChI=1S/C11H22N2/c1-4-13(9(2)3)11(12)10-7-5-6-8-10/h9-10,12H,4-8H2,1-3H3. The Balaban J connectivity index is 2.52. The Morgan fingerprint density at radius 1 is 1.38 bits per heavy atom. The zero-order valence-electron chi connectivity index (χ0n) is 9.14. The van der Waals surface area contributed by atoms with Crippen LogP contribution in [-0.2, 0) is 0 Å². The van der Waals surface area contributed by atoms with Gasteiger partial charge in [-0.1, -0.05) is 12.8 Å². The summed E-state index contributed by atoms with van der Waals surface area (Å²) in [6.07, 6.45) is 5.12. The predicted molar refractivity (Wildman–Crippen MR) is 57.2 cm³/mol. The summed E-state index contributed by atoms with van der Waals surface area (Å²) >= 11 is 0. The Morgan fingerprint density at radius 2 is 1.92 bits per heavy atom. The first-order chi connectivity index (χ1) is 6.16. The highest BCUT2D eigenvalue weighted by Crippen LogP contribution is 2.27. The average Bonchev–Trinajstić information content (AvgIpc) is 2.56. The van der Waals surface area contributed by atoms with Crippen LogP contribution in [0.3, 0.4) is 0 Å². The van der Waals surface area contributed by atoms with Crippen molar-refractivity contribution in [3.8, 4) is 0 Å². The highest BCUT2D eigenvalue weighted by atomic mass is 15.2. The molecule has 0 bridgehead atoms. The van der Waals surface area contributed by atoms with Gasteiger partial charge < -0.3 is 4.90 Å². The van der Waals surface area contributed by atoms with E-state index in [1.54, 1.807) is 0 Å². The topological polar surface area (TPSA) is 27.1 Å². The molecule has 1 rings (SSSR count). The van der Waals surface area contributed by atoms with Crippen LogP contribution in [0.1, 0.15) is 46.5 Å². The second-order valence-corrected chi connectivity index (χ2v) is 4.25. The molecule has 2 nitrogen and oxygen atoms in total. The lowest BCUT2D eigenvalue weighted by Gasteiger charge is -2.30. The van der Waals surface area contributed by atoms with Crippen LogP contribution in [-0.4, -0.2) is 23.3 Å². The smallest absolute Gasteiger partial charge is 0.0991 e. The average molecular weight is 182 g/mol. The highest BCUT2D eigenvalue weighted by Gasteiger charge is 2.24. The van der Waals surface area contributed by atoms with Gasteiger partial charge in [-0.3, -0.25) is 5.41 Å². The van der Waals surface area contributed by atoms with Crippen LogP contribution >= 0.6 is 0 Å². The van der Waals surface area contributed by atoms with Crippen LogP contribution < -0.4 is 0 Å². The predicted octanol–water partition coefficient (Wildman–Crippen LogP) is 2.88. The van der Waals surface area contributed by atoms with E-state index in [9.17, 15) is 0 Å². The molecule has 1 fully saturated rings. The maximum absolute atomic E-state index is 8.10. The molecule has 0 amide bonds. The molecule has 1 saturated carbocycles. The zero-order valence-corrected chi connectivity index (χ0v) is 9.14. The largest absolute Gasteiger partial charge is 0.358 e. The third kappa shape index (κ3) is 2.45. The van der Waals surface area contributed by atoms with Gasteiger partial charge in [-0.15, -0.1) is 0 Å². The molecule has 76 valence electrons. The van der Waals surface area contributed by atoms with Crippen molar-refractivity contribution >= 4 is 5.84 Å². The van der Waals surface area contributed by atoms with Crippen molar-refractivity contribution < 1.29 is 0 Å². The lowest BCUT2D eigenvalue weighted by atomic mass is 10.1. The summed E-state index contributed by atoms with van der Waals surface area (Å²) < 4.78 is 0. The Kier molecular flexibility index (Phi) is 3.76. The van der Waals surface area contributed by atoms with Gasteiger partial charge in [0.05, 0.1) is 5.84 Å². The van der Waals surface area contributed by atoms with Gasteiger partial charge in [0.2, 0.25) is 0 Å². The zero-order chi connectivity index (χ0) is 9.84. The number of amidine groups is 1. The Labute approximate surface area is 81.8 Å². The van der Waals surface area contributed by atoms with E-state index in [0.717, 1.165) is 12.4 Å². The molecule has 1 aliphatic carbocycles. The van der Waals surface area contributed by atoms with Crippen molar-refractivity contribution in [1.82, 2.24) is 4.90 Å². The van der Waals surface area contributed by atoms with E-state index in [1.807, 2.05) is 0 Å². The monoisotopic (exact) mass is 182 g/mol. The van der Waals surface area contributed by atoms with Crippen LogP contribution in [0.5, 0.6) is 0 Å². The summed E-state index contributed by atoms with van der Waals surface area (Å²) in [6.45, 7) is 7.47. The van der Waals surface area contributed by atoms with Crippen LogP contribution in [0, 0.1) is 11.3 Å². The third-order valence-corrected chi connectivity index (χ3v) is 3.02. The van der Waals surface area contributed by atoms with Gasteiger partial charge in [0, 0.05) is 18.5 Å². The summed E-state index contributed by atoms with van der Waals surface area (Å²) in [6, 6.07) is 0.484. The summed E-state index contributed by atoms with van der Waals surface area (Å²) in [5.74, 6) is 1.44. The fraction of sp³-hybridized carbons (Fsp3) is 0.909. The van der Waals surface area contributed by atoms with E-state index in [-0.39, 0.29) is 0 Å². The SMILES string of the molecule is CCN(C(=N)C1CCCC1)C(C)C. The first-order valence-electron chi connectivity index (χ1n) is 5.52. The van der Waals surface area contributed by atoms with Gasteiger partial charge in [-0.2, -0.15) is 0 Å². The van der Waals surface area contributed by atoms with Crippen LogP contribution in [0.2, 0.25) is 0 Å².